The Morgan fingerprint density at radius 1 is 0.964 bits per heavy atom. The van der Waals surface area contributed by atoms with Crippen molar-refractivity contribution in [1.29, 1.82) is 0 Å². The molecule has 5 nitrogen and oxygen atoms in total. The maximum atomic E-state index is 12.8. The van der Waals surface area contributed by atoms with Gasteiger partial charge in [-0.15, -0.1) is 0 Å². The van der Waals surface area contributed by atoms with E-state index in [4.69, 9.17) is 0 Å². The minimum absolute atomic E-state index is 0.0449. The molecule has 0 aromatic heterocycles. The molecule has 146 valence electrons. The quantitative estimate of drug-likeness (QED) is 0.870. The van der Waals surface area contributed by atoms with Crippen molar-refractivity contribution < 1.29 is 9.59 Å². The van der Waals surface area contributed by atoms with Gasteiger partial charge in [0.05, 0.1) is 0 Å². The molecule has 2 aliphatic rings. The molecule has 2 fully saturated rings. The number of anilines is 1. The summed E-state index contributed by atoms with van der Waals surface area (Å²) in [5, 5.41) is 2.96. The molecule has 2 aromatic rings. The van der Waals surface area contributed by atoms with Gasteiger partial charge >= 0.3 is 0 Å². The Morgan fingerprint density at radius 3 is 2.43 bits per heavy atom. The summed E-state index contributed by atoms with van der Waals surface area (Å²) < 4.78 is 0. The first-order chi connectivity index (χ1) is 13.7. The van der Waals surface area contributed by atoms with Gasteiger partial charge in [0, 0.05) is 43.3 Å². The molecular weight excluding hydrogens is 350 g/mol. The number of carbonyl (C=O) groups excluding carboxylic acids is 2. The van der Waals surface area contributed by atoms with E-state index in [1.807, 2.05) is 65.6 Å². The lowest BCUT2D eigenvalue weighted by atomic mass is 9.92. The molecule has 0 saturated carbocycles. The normalized spacial score (nSPS) is 21.9. The number of hydrogen-bond donors (Lipinski definition) is 1. The third-order valence-corrected chi connectivity index (χ3v) is 5.89. The molecule has 0 aliphatic carbocycles. The Balaban J connectivity index is 1.33. The van der Waals surface area contributed by atoms with Crippen LogP contribution in [0.2, 0.25) is 0 Å². The standard InChI is InChI=1S/C23H27N3O2/c27-22(24-20-11-5-2-6-12-20)13-15-25-14-7-10-19-16-26(17-21(19)25)23(28)18-8-3-1-4-9-18/h1-6,8-9,11-12,19,21H,7,10,13-17H2,(H,24,27)/t19-,21+/m1/s1. The maximum Gasteiger partial charge on any atom is 0.253 e. The number of hydrogen-bond acceptors (Lipinski definition) is 3. The fourth-order valence-corrected chi connectivity index (χ4v) is 4.47. The monoisotopic (exact) mass is 377 g/mol. The molecule has 2 aromatic carbocycles. The molecule has 2 saturated heterocycles. The van der Waals surface area contributed by atoms with Gasteiger partial charge in [0.15, 0.2) is 0 Å². The van der Waals surface area contributed by atoms with E-state index >= 15 is 0 Å². The molecule has 2 atom stereocenters. The molecule has 4 rings (SSSR count). The van der Waals surface area contributed by atoms with Gasteiger partial charge in [0.1, 0.15) is 0 Å². The van der Waals surface area contributed by atoms with Gasteiger partial charge in [-0.25, -0.2) is 0 Å². The van der Waals surface area contributed by atoms with Crippen LogP contribution in [0.3, 0.4) is 0 Å². The first-order valence-corrected chi connectivity index (χ1v) is 10.1. The SMILES string of the molecule is O=C(CCN1CCC[C@@H]2CN(C(=O)c3ccccc3)C[C@@H]21)Nc1ccccc1. The Kier molecular flexibility index (Phi) is 5.72. The summed E-state index contributed by atoms with van der Waals surface area (Å²) in [5.74, 6) is 0.680. The van der Waals surface area contributed by atoms with Crippen LogP contribution in [0.1, 0.15) is 29.6 Å². The van der Waals surface area contributed by atoms with Gasteiger partial charge in [-0.2, -0.15) is 0 Å². The predicted octanol–water partition coefficient (Wildman–Crippen LogP) is 3.25. The highest BCUT2D eigenvalue weighted by Gasteiger charge is 2.40. The average Bonchev–Trinajstić information content (AvgIpc) is 3.18. The number of likely N-dealkylation sites (tertiary alicyclic amines) is 2. The van der Waals surface area contributed by atoms with Crippen LogP contribution >= 0.6 is 0 Å². The number of nitrogens with zero attached hydrogens (tertiary/aromatic N) is 2. The minimum Gasteiger partial charge on any atom is -0.337 e. The van der Waals surface area contributed by atoms with Crippen molar-refractivity contribution in [1.82, 2.24) is 9.80 Å². The number of carbonyl (C=O) groups is 2. The van der Waals surface area contributed by atoms with E-state index in [-0.39, 0.29) is 11.8 Å². The van der Waals surface area contributed by atoms with Crippen molar-refractivity contribution in [2.45, 2.75) is 25.3 Å². The van der Waals surface area contributed by atoms with E-state index in [0.717, 1.165) is 50.3 Å². The molecule has 2 heterocycles. The van der Waals surface area contributed by atoms with Crippen molar-refractivity contribution >= 4 is 17.5 Å². The van der Waals surface area contributed by atoms with Gasteiger partial charge in [0.25, 0.3) is 5.91 Å². The third kappa shape index (κ3) is 4.25. The molecule has 1 N–H and O–H groups in total. The Bertz CT molecular complexity index is 809. The van der Waals surface area contributed by atoms with Crippen LogP contribution in [0, 0.1) is 5.92 Å². The number of fused-ring (bicyclic) bond motifs is 1. The Labute approximate surface area is 166 Å². The largest absolute Gasteiger partial charge is 0.337 e. The smallest absolute Gasteiger partial charge is 0.253 e. The summed E-state index contributed by atoms with van der Waals surface area (Å²) in [6.07, 6.45) is 2.77. The first-order valence-electron chi connectivity index (χ1n) is 10.1. The first kappa shape index (κ1) is 18.7. The number of benzene rings is 2. The summed E-state index contributed by atoms with van der Waals surface area (Å²) in [7, 11) is 0. The van der Waals surface area contributed by atoms with Crippen LogP contribution < -0.4 is 5.32 Å². The molecule has 0 spiro atoms. The lowest BCUT2D eigenvalue weighted by molar-refractivity contribution is -0.116. The zero-order chi connectivity index (χ0) is 19.3. The van der Waals surface area contributed by atoms with E-state index < -0.39 is 0 Å². The van der Waals surface area contributed by atoms with Crippen molar-refractivity contribution in [2.24, 2.45) is 5.92 Å². The van der Waals surface area contributed by atoms with E-state index in [1.165, 1.54) is 0 Å². The molecule has 0 bridgehead atoms. The van der Waals surface area contributed by atoms with Gasteiger partial charge < -0.3 is 10.2 Å². The Hall–Kier alpha value is -2.66. The molecule has 0 unspecified atom stereocenters. The van der Waals surface area contributed by atoms with Gasteiger partial charge in [0.2, 0.25) is 5.91 Å². The van der Waals surface area contributed by atoms with Gasteiger partial charge in [-0.3, -0.25) is 14.5 Å². The van der Waals surface area contributed by atoms with Crippen LogP contribution in [0.5, 0.6) is 0 Å². The van der Waals surface area contributed by atoms with Gasteiger partial charge in [-0.1, -0.05) is 36.4 Å². The lowest BCUT2D eigenvalue weighted by Gasteiger charge is -2.36. The number of rotatable bonds is 5. The number of para-hydroxylation sites is 1. The predicted molar refractivity (Wildman–Crippen MR) is 110 cm³/mol. The van der Waals surface area contributed by atoms with E-state index in [0.29, 0.717) is 18.4 Å². The number of piperidine rings is 1. The molecule has 28 heavy (non-hydrogen) atoms. The fraction of sp³-hybridized carbons (Fsp3) is 0.391. The van der Waals surface area contributed by atoms with Crippen LogP contribution in [0.25, 0.3) is 0 Å². The summed E-state index contributed by atoms with van der Waals surface area (Å²) in [4.78, 5) is 29.5. The average molecular weight is 377 g/mol. The van der Waals surface area contributed by atoms with Crippen LogP contribution in [0.4, 0.5) is 5.69 Å². The van der Waals surface area contributed by atoms with E-state index in [1.54, 1.807) is 0 Å². The zero-order valence-electron chi connectivity index (χ0n) is 16.1. The highest BCUT2D eigenvalue weighted by molar-refractivity contribution is 5.94. The molecule has 0 radical (unpaired) electrons. The minimum atomic E-state index is 0.0449. The molecule has 2 aliphatic heterocycles. The van der Waals surface area contributed by atoms with E-state index in [9.17, 15) is 9.59 Å². The molecular formula is C23H27N3O2. The van der Waals surface area contributed by atoms with Crippen molar-refractivity contribution in [3.05, 3.63) is 66.2 Å². The van der Waals surface area contributed by atoms with Crippen LogP contribution in [-0.4, -0.2) is 53.8 Å². The molecule has 5 heteroatoms. The maximum absolute atomic E-state index is 12.8. The third-order valence-electron chi connectivity index (χ3n) is 5.89. The van der Waals surface area contributed by atoms with E-state index in [2.05, 4.69) is 10.2 Å². The number of nitrogens with one attached hydrogen (secondary N) is 1. The van der Waals surface area contributed by atoms with Crippen LogP contribution in [0.15, 0.2) is 60.7 Å². The van der Waals surface area contributed by atoms with Crippen molar-refractivity contribution in [3.63, 3.8) is 0 Å². The second-order valence-electron chi connectivity index (χ2n) is 7.75. The highest BCUT2D eigenvalue weighted by Crippen LogP contribution is 2.31. The topological polar surface area (TPSA) is 52.7 Å². The second-order valence-corrected chi connectivity index (χ2v) is 7.75. The lowest BCUT2D eigenvalue weighted by Crippen LogP contribution is -2.46. The molecule has 2 amide bonds. The zero-order valence-corrected chi connectivity index (χ0v) is 16.1. The van der Waals surface area contributed by atoms with Crippen molar-refractivity contribution in [3.8, 4) is 0 Å². The highest BCUT2D eigenvalue weighted by atomic mass is 16.2. The van der Waals surface area contributed by atoms with Crippen LogP contribution in [-0.2, 0) is 4.79 Å². The Morgan fingerprint density at radius 2 is 1.68 bits per heavy atom. The summed E-state index contributed by atoms with van der Waals surface area (Å²) in [5.41, 5.74) is 1.60. The summed E-state index contributed by atoms with van der Waals surface area (Å²) >= 11 is 0. The summed E-state index contributed by atoms with van der Waals surface area (Å²) in [6, 6.07) is 19.5. The van der Waals surface area contributed by atoms with Crippen molar-refractivity contribution in [2.75, 3.05) is 31.5 Å². The second kappa shape index (κ2) is 8.57. The number of amides is 2. The summed E-state index contributed by atoms with van der Waals surface area (Å²) in [6.45, 7) is 3.34. The van der Waals surface area contributed by atoms with Gasteiger partial charge in [-0.05, 0) is 49.6 Å². The fourth-order valence-electron chi connectivity index (χ4n) is 4.47.